The third-order valence-electron chi connectivity index (χ3n) is 8.20. The van der Waals surface area contributed by atoms with Crippen molar-refractivity contribution < 1.29 is 27.6 Å². The molecule has 0 radical (unpaired) electrons. The van der Waals surface area contributed by atoms with E-state index in [1.807, 2.05) is 0 Å². The number of hydrogen-bond donors (Lipinski definition) is 0. The lowest BCUT2D eigenvalue weighted by molar-refractivity contribution is 0.0826. The summed E-state index contributed by atoms with van der Waals surface area (Å²) in [4.78, 5) is 64.9. The first-order chi connectivity index (χ1) is 23.2. The third kappa shape index (κ3) is 4.51. The number of para-hydroxylation sites is 2. The van der Waals surface area contributed by atoms with Crippen LogP contribution in [0.4, 0.5) is 0 Å². The monoisotopic (exact) mass is 642 g/mol. The van der Waals surface area contributed by atoms with E-state index in [1.54, 1.807) is 74.5 Å². The molecule has 0 fully saturated rings. The van der Waals surface area contributed by atoms with Gasteiger partial charge in [-0.2, -0.15) is 19.6 Å². The van der Waals surface area contributed by atoms with E-state index >= 15 is 0 Å². The van der Waals surface area contributed by atoms with Crippen LogP contribution in [-0.4, -0.2) is 38.0 Å². The second-order valence-corrected chi connectivity index (χ2v) is 11.2. The number of carbonyl (C=O) groups is 2. The number of hydrogen-bond acceptors (Lipinski definition) is 11. The van der Waals surface area contributed by atoms with Crippen molar-refractivity contribution in [3.63, 3.8) is 0 Å². The maximum Gasteiger partial charge on any atom is 0.347 e. The average molecular weight is 643 g/mol. The molecule has 0 saturated carbocycles. The summed E-state index contributed by atoms with van der Waals surface area (Å²) in [7, 11) is 0. The molecule has 0 spiro atoms. The summed E-state index contributed by atoms with van der Waals surface area (Å²) in [5, 5.41) is 10.6. The van der Waals surface area contributed by atoms with E-state index in [2.05, 4.69) is 10.2 Å². The van der Waals surface area contributed by atoms with Crippen molar-refractivity contribution in [3.8, 4) is 5.75 Å². The van der Waals surface area contributed by atoms with Crippen LogP contribution in [0.25, 0.3) is 54.7 Å². The minimum absolute atomic E-state index is 0.131. The molecule has 236 valence electrons. The number of ether oxygens (including phenoxy) is 1. The molecule has 5 aromatic heterocycles. The van der Waals surface area contributed by atoms with E-state index in [0.29, 0.717) is 55.3 Å². The Kier molecular flexibility index (Phi) is 6.44. The first kappa shape index (κ1) is 28.8. The van der Waals surface area contributed by atoms with Gasteiger partial charge in [0.2, 0.25) is 0 Å². The lowest BCUT2D eigenvalue weighted by Crippen LogP contribution is -2.21. The summed E-state index contributed by atoms with van der Waals surface area (Å²) >= 11 is 0. The highest BCUT2D eigenvalue weighted by Gasteiger charge is 2.23. The molecular formula is C35H22N4O9. The van der Waals surface area contributed by atoms with Crippen LogP contribution >= 0.6 is 0 Å². The van der Waals surface area contributed by atoms with Crippen molar-refractivity contribution in [1.82, 2.24) is 19.6 Å². The molecule has 0 atom stereocenters. The molecule has 0 aliphatic rings. The largest absolute Gasteiger partial charge is 0.484 e. The molecule has 0 aliphatic heterocycles. The fourth-order valence-corrected chi connectivity index (χ4v) is 6.10. The van der Waals surface area contributed by atoms with Crippen LogP contribution in [0.5, 0.6) is 5.75 Å². The Hall–Kier alpha value is -6.63. The predicted octanol–water partition coefficient (Wildman–Crippen LogP) is 4.92. The van der Waals surface area contributed by atoms with Gasteiger partial charge in [0.05, 0.1) is 28.8 Å². The Morgan fingerprint density at radius 2 is 1.23 bits per heavy atom. The van der Waals surface area contributed by atoms with Crippen LogP contribution in [0, 0.1) is 13.8 Å². The minimum Gasteiger partial charge on any atom is -0.484 e. The molecule has 48 heavy (non-hydrogen) atoms. The first-order valence-corrected chi connectivity index (χ1v) is 14.8. The smallest absolute Gasteiger partial charge is 0.347 e. The van der Waals surface area contributed by atoms with Crippen molar-refractivity contribution in [1.29, 1.82) is 0 Å². The second kappa shape index (κ2) is 10.7. The van der Waals surface area contributed by atoms with E-state index in [1.165, 1.54) is 16.8 Å². The van der Waals surface area contributed by atoms with Gasteiger partial charge >= 0.3 is 16.9 Å². The van der Waals surface area contributed by atoms with Crippen LogP contribution in [0.1, 0.15) is 26.5 Å². The molecule has 13 heteroatoms. The summed E-state index contributed by atoms with van der Waals surface area (Å²) in [5.41, 5.74) is 0.542. The predicted molar refractivity (Wildman–Crippen MR) is 174 cm³/mol. The van der Waals surface area contributed by atoms with E-state index in [9.17, 15) is 24.0 Å². The van der Waals surface area contributed by atoms with E-state index in [0.717, 1.165) is 4.68 Å². The molecule has 0 aliphatic carbocycles. The standard InChI is InChI=1S/C35H22N4O9/c1-17-30-32(22-7-3-5-9-24(22)47-34(30)43)38(36-17)27(40)13-19-14-29(42)46-26-15-20(11-12-21(19)26)45-16-28(41)39-33-23-8-4-6-10-25(23)48-35(44)31(33)18(2)37-39/h3-12,14-15H,13,16H2,1-2H3. The van der Waals surface area contributed by atoms with Gasteiger partial charge in [-0.3, -0.25) is 9.59 Å². The Bertz CT molecular complexity index is 2850. The molecule has 0 unspecified atom stereocenters. The summed E-state index contributed by atoms with van der Waals surface area (Å²) in [6.07, 6.45) is -0.237. The highest BCUT2D eigenvalue weighted by molar-refractivity contribution is 6.08. The van der Waals surface area contributed by atoms with Gasteiger partial charge in [-0.05, 0) is 55.8 Å². The van der Waals surface area contributed by atoms with Crippen LogP contribution in [0.2, 0.25) is 0 Å². The number of rotatable bonds is 5. The van der Waals surface area contributed by atoms with Crippen LogP contribution < -0.4 is 21.6 Å². The molecule has 8 rings (SSSR count). The van der Waals surface area contributed by atoms with Crippen molar-refractivity contribution >= 4 is 66.5 Å². The number of aryl methyl sites for hydroxylation is 2. The minimum atomic E-state index is -0.699. The lowest BCUT2D eigenvalue weighted by Gasteiger charge is -2.10. The number of aromatic nitrogens is 4. The number of benzene rings is 3. The van der Waals surface area contributed by atoms with E-state index < -0.39 is 35.3 Å². The maximum absolute atomic E-state index is 13.7. The number of carbonyl (C=O) groups excluding carboxylic acids is 2. The van der Waals surface area contributed by atoms with Crippen molar-refractivity contribution in [2.75, 3.05) is 6.61 Å². The Morgan fingerprint density at radius 3 is 1.83 bits per heavy atom. The summed E-state index contributed by atoms with van der Waals surface area (Å²) in [5.74, 6) is -0.815. The quantitative estimate of drug-likeness (QED) is 0.233. The highest BCUT2D eigenvalue weighted by Crippen LogP contribution is 2.28. The molecule has 0 saturated heterocycles. The van der Waals surface area contributed by atoms with Crippen LogP contribution in [0.3, 0.4) is 0 Å². The fraction of sp³-hybridized carbons (Fsp3) is 0.114. The van der Waals surface area contributed by atoms with Crippen molar-refractivity contribution in [3.05, 3.63) is 121 Å². The van der Waals surface area contributed by atoms with Gasteiger partial charge in [-0.15, -0.1) is 0 Å². The number of nitrogens with zero attached hydrogens (tertiary/aromatic N) is 4. The van der Waals surface area contributed by atoms with Gasteiger partial charge in [0.25, 0.3) is 11.8 Å². The maximum atomic E-state index is 13.7. The highest BCUT2D eigenvalue weighted by atomic mass is 16.5. The fourth-order valence-electron chi connectivity index (χ4n) is 6.10. The van der Waals surface area contributed by atoms with Crippen LogP contribution in [-0.2, 0) is 6.42 Å². The summed E-state index contributed by atoms with van der Waals surface area (Å²) in [6.45, 7) is 2.78. The lowest BCUT2D eigenvalue weighted by atomic mass is 10.1. The van der Waals surface area contributed by atoms with Gasteiger partial charge in [-0.1, -0.05) is 24.3 Å². The van der Waals surface area contributed by atoms with Gasteiger partial charge in [0.1, 0.15) is 33.3 Å². The molecular weight excluding hydrogens is 620 g/mol. The van der Waals surface area contributed by atoms with Crippen molar-refractivity contribution in [2.24, 2.45) is 0 Å². The Balaban J connectivity index is 1.10. The SMILES string of the molecule is Cc1nn(C(=O)COc2ccc3c(CC(=O)n4nc(C)c5c(=O)oc6ccccc6c54)cc(=O)oc3c2)c2c1c(=O)oc1ccccc12. The topological polar surface area (TPSA) is 170 Å². The van der Waals surface area contributed by atoms with E-state index in [-0.39, 0.29) is 28.5 Å². The molecule has 8 aromatic rings. The zero-order chi connectivity index (χ0) is 33.3. The molecule has 0 bridgehead atoms. The Morgan fingerprint density at radius 1 is 0.667 bits per heavy atom. The summed E-state index contributed by atoms with van der Waals surface area (Å²) in [6, 6.07) is 19.6. The third-order valence-corrected chi connectivity index (χ3v) is 8.20. The first-order valence-electron chi connectivity index (χ1n) is 14.8. The second-order valence-electron chi connectivity index (χ2n) is 11.2. The normalized spacial score (nSPS) is 11.7. The zero-order valence-electron chi connectivity index (χ0n) is 25.3. The van der Waals surface area contributed by atoms with E-state index in [4.69, 9.17) is 18.0 Å². The summed E-state index contributed by atoms with van der Waals surface area (Å²) < 4.78 is 24.3. The number of fused-ring (bicyclic) bond motifs is 7. The molecule has 0 N–H and O–H groups in total. The van der Waals surface area contributed by atoms with Gasteiger partial charge in [0, 0.05) is 28.3 Å². The van der Waals surface area contributed by atoms with Gasteiger partial charge in [0.15, 0.2) is 6.61 Å². The van der Waals surface area contributed by atoms with Gasteiger partial charge in [-0.25, -0.2) is 14.4 Å². The molecule has 13 nitrogen and oxygen atoms in total. The zero-order valence-corrected chi connectivity index (χ0v) is 25.3. The molecule has 3 aromatic carbocycles. The molecule has 0 amide bonds. The average Bonchev–Trinajstić information content (AvgIpc) is 3.62. The van der Waals surface area contributed by atoms with Crippen molar-refractivity contribution in [2.45, 2.75) is 20.3 Å². The van der Waals surface area contributed by atoms with Crippen LogP contribution in [0.15, 0.2) is 100 Å². The van der Waals surface area contributed by atoms with Gasteiger partial charge < -0.3 is 18.0 Å². The Labute approximate surface area is 267 Å². The molecule has 5 heterocycles.